The van der Waals surface area contributed by atoms with Crippen molar-refractivity contribution in [2.45, 2.75) is 0 Å². The lowest BCUT2D eigenvalue weighted by Gasteiger charge is -2.30. The summed E-state index contributed by atoms with van der Waals surface area (Å²) in [5, 5.41) is 2.71. The van der Waals surface area contributed by atoms with E-state index < -0.39 is 5.97 Å². The van der Waals surface area contributed by atoms with E-state index >= 15 is 0 Å². The monoisotopic (exact) mass is 330 g/mol. The first-order chi connectivity index (χ1) is 11.7. The van der Waals surface area contributed by atoms with Gasteiger partial charge in [0.25, 0.3) is 5.91 Å². The van der Waals surface area contributed by atoms with Crippen molar-refractivity contribution in [1.82, 2.24) is 0 Å². The molecule has 1 aliphatic heterocycles. The van der Waals surface area contributed by atoms with Gasteiger partial charge in [0.15, 0.2) is 5.76 Å². The van der Waals surface area contributed by atoms with E-state index in [0.717, 1.165) is 5.69 Å². The number of nitrogens with one attached hydrogen (secondary N) is 1. The molecular formula is C17H18N2O5. The summed E-state index contributed by atoms with van der Waals surface area (Å²) in [5.41, 5.74) is 1.66. The summed E-state index contributed by atoms with van der Waals surface area (Å²) in [7, 11) is 1.33. The summed E-state index contributed by atoms with van der Waals surface area (Å²) in [6.07, 6.45) is 1.43. The molecule has 1 aromatic carbocycles. The number of methoxy groups -OCH3 is 1. The van der Waals surface area contributed by atoms with Gasteiger partial charge in [-0.3, -0.25) is 4.79 Å². The molecule has 126 valence electrons. The molecule has 2 aromatic rings. The zero-order valence-electron chi connectivity index (χ0n) is 13.3. The van der Waals surface area contributed by atoms with Gasteiger partial charge in [-0.2, -0.15) is 0 Å². The number of esters is 1. The van der Waals surface area contributed by atoms with Crippen molar-refractivity contribution in [3.8, 4) is 0 Å². The maximum Gasteiger partial charge on any atom is 0.340 e. The Labute approximate surface area is 139 Å². The second-order valence-electron chi connectivity index (χ2n) is 5.25. The van der Waals surface area contributed by atoms with Gasteiger partial charge >= 0.3 is 5.97 Å². The predicted molar refractivity (Wildman–Crippen MR) is 87.5 cm³/mol. The Morgan fingerprint density at radius 1 is 1.21 bits per heavy atom. The van der Waals surface area contributed by atoms with Crippen LogP contribution in [0.1, 0.15) is 20.9 Å². The van der Waals surface area contributed by atoms with Gasteiger partial charge in [-0.25, -0.2) is 4.79 Å². The van der Waals surface area contributed by atoms with E-state index in [-0.39, 0.29) is 11.7 Å². The Morgan fingerprint density at radius 2 is 2.00 bits per heavy atom. The lowest BCUT2D eigenvalue weighted by atomic mass is 10.1. The average molecular weight is 330 g/mol. The van der Waals surface area contributed by atoms with Crippen LogP contribution in [-0.2, 0) is 9.47 Å². The molecule has 0 atom stereocenters. The minimum absolute atomic E-state index is 0.201. The number of nitrogens with zero attached hydrogens (tertiary/aromatic N) is 1. The van der Waals surface area contributed by atoms with Crippen molar-refractivity contribution < 1.29 is 23.5 Å². The van der Waals surface area contributed by atoms with Crippen LogP contribution < -0.4 is 10.2 Å². The maximum atomic E-state index is 12.1. The minimum atomic E-state index is -0.453. The topological polar surface area (TPSA) is 81.0 Å². The van der Waals surface area contributed by atoms with Crippen LogP contribution in [0.2, 0.25) is 0 Å². The van der Waals surface area contributed by atoms with Crippen LogP contribution in [0.5, 0.6) is 0 Å². The van der Waals surface area contributed by atoms with Crippen molar-refractivity contribution >= 4 is 23.3 Å². The number of furan rings is 1. The number of ether oxygens (including phenoxy) is 2. The molecule has 2 heterocycles. The number of benzene rings is 1. The van der Waals surface area contributed by atoms with Crippen LogP contribution in [0.3, 0.4) is 0 Å². The number of hydrogen-bond donors (Lipinski definition) is 1. The van der Waals surface area contributed by atoms with Crippen LogP contribution >= 0.6 is 0 Å². The molecule has 1 aliphatic rings. The first-order valence-electron chi connectivity index (χ1n) is 7.59. The summed E-state index contributed by atoms with van der Waals surface area (Å²) in [4.78, 5) is 26.3. The maximum absolute atomic E-state index is 12.1. The highest BCUT2D eigenvalue weighted by Gasteiger charge is 2.20. The second kappa shape index (κ2) is 7.18. The zero-order chi connectivity index (χ0) is 16.9. The average Bonchev–Trinajstić information content (AvgIpc) is 3.16. The third-order valence-electron chi connectivity index (χ3n) is 3.76. The first kappa shape index (κ1) is 16.1. The van der Waals surface area contributed by atoms with E-state index in [1.165, 1.54) is 13.4 Å². The van der Waals surface area contributed by atoms with Gasteiger partial charge in [0, 0.05) is 18.8 Å². The smallest absolute Gasteiger partial charge is 0.340 e. The molecule has 24 heavy (non-hydrogen) atoms. The van der Waals surface area contributed by atoms with Crippen molar-refractivity contribution in [3.63, 3.8) is 0 Å². The van der Waals surface area contributed by atoms with Crippen molar-refractivity contribution in [2.24, 2.45) is 0 Å². The molecule has 0 saturated carbocycles. The highest BCUT2D eigenvalue weighted by atomic mass is 16.5. The van der Waals surface area contributed by atoms with E-state index in [1.807, 2.05) is 0 Å². The van der Waals surface area contributed by atoms with Gasteiger partial charge < -0.3 is 24.1 Å². The SMILES string of the molecule is COC(=O)c1cc(NC(=O)c2ccco2)ccc1N1CCOCC1. The Balaban J connectivity index is 1.86. The van der Waals surface area contributed by atoms with E-state index in [9.17, 15) is 9.59 Å². The molecule has 1 aromatic heterocycles. The number of anilines is 2. The molecule has 1 saturated heterocycles. The fourth-order valence-electron chi connectivity index (χ4n) is 2.57. The van der Waals surface area contributed by atoms with E-state index in [0.29, 0.717) is 37.6 Å². The molecule has 0 radical (unpaired) electrons. The van der Waals surface area contributed by atoms with E-state index in [1.54, 1.807) is 30.3 Å². The Kier molecular flexibility index (Phi) is 4.81. The van der Waals surface area contributed by atoms with Gasteiger partial charge in [-0.05, 0) is 30.3 Å². The standard InChI is InChI=1S/C17H18N2O5/c1-22-17(21)13-11-12(18-16(20)15-3-2-8-24-15)4-5-14(13)19-6-9-23-10-7-19/h2-5,8,11H,6-7,9-10H2,1H3,(H,18,20). The van der Waals surface area contributed by atoms with Crippen molar-refractivity contribution in [2.75, 3.05) is 43.6 Å². The third kappa shape index (κ3) is 3.41. The second-order valence-corrected chi connectivity index (χ2v) is 5.25. The number of morpholine rings is 1. The quantitative estimate of drug-likeness (QED) is 0.865. The van der Waals surface area contributed by atoms with Gasteiger partial charge in [0.2, 0.25) is 0 Å². The number of carbonyl (C=O) groups excluding carboxylic acids is 2. The normalized spacial score (nSPS) is 14.3. The van der Waals surface area contributed by atoms with Crippen molar-refractivity contribution in [1.29, 1.82) is 0 Å². The van der Waals surface area contributed by atoms with Crippen LogP contribution in [-0.4, -0.2) is 45.3 Å². The van der Waals surface area contributed by atoms with Crippen LogP contribution in [0.15, 0.2) is 41.0 Å². The fourth-order valence-corrected chi connectivity index (χ4v) is 2.57. The Hall–Kier alpha value is -2.80. The molecule has 1 fully saturated rings. The first-order valence-corrected chi connectivity index (χ1v) is 7.59. The molecule has 3 rings (SSSR count). The van der Waals surface area contributed by atoms with E-state index in [2.05, 4.69) is 10.2 Å². The fraction of sp³-hybridized carbons (Fsp3) is 0.294. The summed E-state index contributed by atoms with van der Waals surface area (Å²) in [6.45, 7) is 2.61. The predicted octanol–water partition coefficient (Wildman–Crippen LogP) is 2.16. The van der Waals surface area contributed by atoms with Crippen LogP contribution in [0, 0.1) is 0 Å². The lowest BCUT2D eigenvalue weighted by molar-refractivity contribution is 0.0600. The van der Waals surface area contributed by atoms with Gasteiger partial charge in [-0.15, -0.1) is 0 Å². The Morgan fingerprint density at radius 3 is 2.67 bits per heavy atom. The van der Waals surface area contributed by atoms with Gasteiger partial charge in [0.1, 0.15) is 0 Å². The third-order valence-corrected chi connectivity index (χ3v) is 3.76. The molecule has 0 bridgehead atoms. The van der Waals surface area contributed by atoms with Gasteiger partial charge in [0.05, 0.1) is 37.8 Å². The number of rotatable bonds is 4. The van der Waals surface area contributed by atoms with Gasteiger partial charge in [-0.1, -0.05) is 0 Å². The summed E-state index contributed by atoms with van der Waals surface area (Å²) >= 11 is 0. The van der Waals surface area contributed by atoms with Crippen LogP contribution in [0.25, 0.3) is 0 Å². The lowest BCUT2D eigenvalue weighted by Crippen LogP contribution is -2.37. The molecule has 0 aliphatic carbocycles. The largest absolute Gasteiger partial charge is 0.465 e. The summed E-state index contributed by atoms with van der Waals surface area (Å²) < 4.78 is 15.3. The summed E-state index contributed by atoms with van der Waals surface area (Å²) in [6, 6.07) is 8.36. The van der Waals surface area contributed by atoms with E-state index in [4.69, 9.17) is 13.9 Å². The van der Waals surface area contributed by atoms with Crippen LogP contribution in [0.4, 0.5) is 11.4 Å². The zero-order valence-corrected chi connectivity index (χ0v) is 13.3. The molecule has 0 unspecified atom stereocenters. The minimum Gasteiger partial charge on any atom is -0.465 e. The number of carbonyl (C=O) groups is 2. The number of amides is 1. The molecule has 7 nitrogen and oxygen atoms in total. The Bertz CT molecular complexity index is 721. The summed E-state index contributed by atoms with van der Waals surface area (Å²) in [5.74, 6) is -0.632. The highest BCUT2D eigenvalue weighted by molar-refractivity contribution is 6.04. The van der Waals surface area contributed by atoms with Crippen molar-refractivity contribution in [3.05, 3.63) is 47.9 Å². The molecular weight excluding hydrogens is 312 g/mol. The molecule has 1 amide bonds. The molecule has 7 heteroatoms. The molecule has 1 N–H and O–H groups in total. The molecule has 0 spiro atoms. The highest BCUT2D eigenvalue weighted by Crippen LogP contribution is 2.26. The number of hydrogen-bond acceptors (Lipinski definition) is 6.